The van der Waals surface area contributed by atoms with Crippen molar-refractivity contribution in [3.63, 3.8) is 0 Å². The average Bonchev–Trinajstić information content (AvgIpc) is 2.44. The quantitative estimate of drug-likeness (QED) is 0.790. The Morgan fingerprint density at radius 1 is 1.38 bits per heavy atom. The largest absolute Gasteiger partial charge is 0.383 e. The van der Waals surface area contributed by atoms with Crippen molar-refractivity contribution in [2.24, 2.45) is 0 Å². The number of rotatable bonds is 4. The van der Waals surface area contributed by atoms with Crippen LogP contribution in [0.15, 0.2) is 16.9 Å². The van der Waals surface area contributed by atoms with Gasteiger partial charge in [0.25, 0.3) is 11.5 Å². The van der Waals surface area contributed by atoms with Crippen LogP contribution < -0.4 is 5.56 Å². The number of carbonyl (C=O) groups excluding carboxylic acids is 1. The number of methoxy groups -OCH3 is 1. The zero-order chi connectivity index (χ0) is 15.4. The number of hydrogen-bond acceptors (Lipinski definition) is 5. The lowest BCUT2D eigenvalue weighted by molar-refractivity contribution is -0.0588. The normalized spacial score (nSPS) is 22.3. The summed E-state index contributed by atoms with van der Waals surface area (Å²) in [5.41, 5.74) is 0.0271. The molecular formula is C14H21N3O4. The molecule has 1 aromatic heterocycles. The van der Waals surface area contributed by atoms with Gasteiger partial charge >= 0.3 is 0 Å². The molecule has 1 fully saturated rings. The molecule has 2 rings (SSSR count). The molecule has 1 aliphatic rings. The molecule has 0 N–H and O–H groups in total. The van der Waals surface area contributed by atoms with E-state index < -0.39 is 0 Å². The van der Waals surface area contributed by atoms with Gasteiger partial charge in [-0.15, -0.1) is 0 Å². The number of aromatic nitrogens is 2. The van der Waals surface area contributed by atoms with Crippen LogP contribution in [-0.2, 0) is 16.0 Å². The Labute approximate surface area is 123 Å². The Morgan fingerprint density at radius 2 is 2.05 bits per heavy atom. The number of amides is 1. The van der Waals surface area contributed by atoms with Crippen LogP contribution in [0.5, 0.6) is 0 Å². The van der Waals surface area contributed by atoms with Gasteiger partial charge in [-0.05, 0) is 19.9 Å². The monoisotopic (exact) mass is 295 g/mol. The second-order valence-corrected chi connectivity index (χ2v) is 5.24. The number of hydrogen-bond donors (Lipinski definition) is 0. The maximum Gasteiger partial charge on any atom is 0.274 e. The van der Waals surface area contributed by atoms with Crippen molar-refractivity contribution in [1.82, 2.24) is 14.7 Å². The van der Waals surface area contributed by atoms with Gasteiger partial charge in [0.15, 0.2) is 0 Å². The Kier molecular flexibility index (Phi) is 5.08. The van der Waals surface area contributed by atoms with E-state index >= 15 is 0 Å². The van der Waals surface area contributed by atoms with Gasteiger partial charge in [-0.25, -0.2) is 4.68 Å². The molecular weight excluding hydrogens is 274 g/mol. The summed E-state index contributed by atoms with van der Waals surface area (Å²) in [4.78, 5) is 25.9. The number of morpholine rings is 1. The van der Waals surface area contributed by atoms with Crippen molar-refractivity contribution in [1.29, 1.82) is 0 Å². The first kappa shape index (κ1) is 15.7. The smallest absolute Gasteiger partial charge is 0.274 e. The SMILES string of the molecule is COCCn1nc(C(=O)N2C[C@H](C)O[C@@H](C)C2)ccc1=O. The van der Waals surface area contributed by atoms with Crippen molar-refractivity contribution in [3.05, 3.63) is 28.2 Å². The molecule has 2 heterocycles. The molecule has 0 aliphatic carbocycles. The van der Waals surface area contributed by atoms with Crippen LogP contribution in [0.1, 0.15) is 24.3 Å². The Balaban J connectivity index is 2.17. The molecule has 21 heavy (non-hydrogen) atoms. The number of carbonyl (C=O) groups is 1. The first-order valence-electron chi connectivity index (χ1n) is 7.03. The van der Waals surface area contributed by atoms with Crippen LogP contribution in [0.25, 0.3) is 0 Å². The molecule has 0 spiro atoms. The van der Waals surface area contributed by atoms with E-state index in [1.54, 1.807) is 12.0 Å². The summed E-state index contributed by atoms with van der Waals surface area (Å²) in [6.07, 6.45) is -0.00538. The van der Waals surface area contributed by atoms with Crippen molar-refractivity contribution in [2.45, 2.75) is 32.6 Å². The van der Waals surface area contributed by atoms with Crippen LogP contribution in [0.3, 0.4) is 0 Å². The fraction of sp³-hybridized carbons (Fsp3) is 0.643. The summed E-state index contributed by atoms with van der Waals surface area (Å²) in [5.74, 6) is -0.178. The van der Waals surface area contributed by atoms with E-state index in [-0.39, 0.29) is 29.4 Å². The predicted octanol–water partition coefficient (Wildman–Crippen LogP) is 0.139. The van der Waals surface area contributed by atoms with E-state index in [1.165, 1.54) is 16.8 Å². The highest BCUT2D eigenvalue weighted by Gasteiger charge is 2.27. The Morgan fingerprint density at radius 3 is 2.67 bits per heavy atom. The standard InChI is InChI=1S/C14H21N3O4/c1-10-8-16(9-11(2)21-10)14(19)12-4-5-13(18)17(15-12)6-7-20-3/h4-5,10-11H,6-9H2,1-3H3/t10-,11-/m0/s1. The van der Waals surface area contributed by atoms with Crippen LogP contribution in [0.2, 0.25) is 0 Å². The van der Waals surface area contributed by atoms with E-state index in [0.29, 0.717) is 26.2 Å². The topological polar surface area (TPSA) is 73.7 Å². The molecule has 0 unspecified atom stereocenters. The minimum Gasteiger partial charge on any atom is -0.383 e. The Bertz CT molecular complexity index is 547. The predicted molar refractivity (Wildman–Crippen MR) is 76.3 cm³/mol. The fourth-order valence-corrected chi connectivity index (χ4v) is 2.41. The third-order valence-electron chi connectivity index (χ3n) is 3.30. The van der Waals surface area contributed by atoms with Gasteiger partial charge in [0.2, 0.25) is 0 Å². The lowest BCUT2D eigenvalue weighted by atomic mass is 10.2. The molecule has 0 saturated carbocycles. The fourth-order valence-electron chi connectivity index (χ4n) is 2.41. The van der Waals surface area contributed by atoms with Gasteiger partial charge in [-0.2, -0.15) is 5.10 Å². The van der Waals surface area contributed by atoms with Crippen molar-refractivity contribution >= 4 is 5.91 Å². The second-order valence-electron chi connectivity index (χ2n) is 5.24. The van der Waals surface area contributed by atoms with Crippen molar-refractivity contribution in [3.8, 4) is 0 Å². The molecule has 1 amide bonds. The summed E-state index contributed by atoms with van der Waals surface area (Å²) < 4.78 is 11.8. The third kappa shape index (κ3) is 3.89. The van der Waals surface area contributed by atoms with Crippen molar-refractivity contribution < 1.29 is 14.3 Å². The number of ether oxygens (including phenoxy) is 2. The zero-order valence-electron chi connectivity index (χ0n) is 12.6. The number of nitrogens with zero attached hydrogens (tertiary/aromatic N) is 3. The molecule has 1 saturated heterocycles. The third-order valence-corrected chi connectivity index (χ3v) is 3.30. The van der Waals surface area contributed by atoms with Gasteiger partial charge < -0.3 is 14.4 Å². The van der Waals surface area contributed by atoms with Gasteiger partial charge in [-0.1, -0.05) is 0 Å². The van der Waals surface area contributed by atoms with Crippen LogP contribution in [0.4, 0.5) is 0 Å². The highest BCUT2D eigenvalue weighted by molar-refractivity contribution is 5.92. The summed E-state index contributed by atoms with van der Waals surface area (Å²) in [7, 11) is 1.55. The van der Waals surface area contributed by atoms with Gasteiger partial charge in [0, 0.05) is 26.3 Å². The lowest BCUT2D eigenvalue weighted by Crippen LogP contribution is -2.48. The lowest BCUT2D eigenvalue weighted by Gasteiger charge is -2.35. The first-order chi connectivity index (χ1) is 10.0. The van der Waals surface area contributed by atoms with E-state index in [1.807, 2.05) is 13.8 Å². The molecule has 1 aromatic rings. The van der Waals surface area contributed by atoms with Crippen LogP contribution in [0, 0.1) is 0 Å². The van der Waals surface area contributed by atoms with Gasteiger partial charge in [0.1, 0.15) is 5.69 Å². The zero-order valence-corrected chi connectivity index (χ0v) is 12.6. The van der Waals surface area contributed by atoms with Gasteiger partial charge in [-0.3, -0.25) is 9.59 Å². The maximum atomic E-state index is 12.5. The molecule has 7 nitrogen and oxygen atoms in total. The highest BCUT2D eigenvalue weighted by atomic mass is 16.5. The summed E-state index contributed by atoms with van der Waals surface area (Å²) in [6.45, 7) is 5.62. The molecule has 7 heteroatoms. The van der Waals surface area contributed by atoms with E-state index in [2.05, 4.69) is 5.10 Å². The summed E-state index contributed by atoms with van der Waals surface area (Å²) >= 11 is 0. The first-order valence-corrected chi connectivity index (χ1v) is 7.03. The van der Waals surface area contributed by atoms with Crippen LogP contribution in [-0.4, -0.2) is 59.6 Å². The molecule has 2 atom stereocenters. The summed E-state index contributed by atoms with van der Waals surface area (Å²) in [6, 6.07) is 2.84. The molecule has 0 aromatic carbocycles. The molecule has 116 valence electrons. The second kappa shape index (κ2) is 6.82. The van der Waals surface area contributed by atoms with E-state index in [0.717, 1.165) is 0 Å². The minimum atomic E-state index is -0.243. The minimum absolute atomic E-state index is 0.00269. The van der Waals surface area contributed by atoms with Crippen LogP contribution >= 0.6 is 0 Å². The molecule has 0 bridgehead atoms. The molecule has 1 aliphatic heterocycles. The van der Waals surface area contributed by atoms with E-state index in [9.17, 15) is 9.59 Å². The molecule has 0 radical (unpaired) electrons. The van der Waals surface area contributed by atoms with Crippen molar-refractivity contribution in [2.75, 3.05) is 26.8 Å². The van der Waals surface area contributed by atoms with Gasteiger partial charge in [0.05, 0.1) is 25.4 Å². The van der Waals surface area contributed by atoms with E-state index in [4.69, 9.17) is 9.47 Å². The highest BCUT2D eigenvalue weighted by Crippen LogP contribution is 2.12. The summed E-state index contributed by atoms with van der Waals surface area (Å²) in [5, 5.41) is 4.13. The average molecular weight is 295 g/mol. The Hall–Kier alpha value is -1.73. The maximum absolute atomic E-state index is 12.5.